The molecule has 1 aromatic rings. The summed E-state index contributed by atoms with van der Waals surface area (Å²) in [5, 5.41) is 0. The van der Waals surface area contributed by atoms with Crippen LogP contribution in [0, 0.1) is 0 Å². The van der Waals surface area contributed by atoms with E-state index < -0.39 is 19.5 Å². The third kappa shape index (κ3) is 6.19. The van der Waals surface area contributed by atoms with E-state index in [-0.39, 0.29) is 44.8 Å². The number of halogens is 2. The third-order valence-corrected chi connectivity index (χ3v) is 5.15. The number of para-hydroxylation sites is 1. The van der Waals surface area contributed by atoms with E-state index >= 15 is 0 Å². The summed E-state index contributed by atoms with van der Waals surface area (Å²) in [5.74, 6) is 1.13. The molecule has 0 spiro atoms. The summed E-state index contributed by atoms with van der Waals surface area (Å²) in [7, 11) is 0. The van der Waals surface area contributed by atoms with Crippen LogP contribution in [0.15, 0.2) is 40.3 Å². The van der Waals surface area contributed by atoms with Crippen molar-refractivity contribution in [1.29, 1.82) is 0 Å². The zero-order valence-electron chi connectivity index (χ0n) is 14.8. The van der Waals surface area contributed by atoms with Crippen LogP contribution in [0.2, 0.25) is 0 Å². The van der Waals surface area contributed by atoms with Gasteiger partial charge < -0.3 is 34.0 Å². The zero-order valence-corrected chi connectivity index (χ0v) is 19.6. The molecule has 0 fully saturated rings. The van der Waals surface area contributed by atoms with Gasteiger partial charge in [-0.25, -0.2) is 0 Å². The zero-order chi connectivity index (χ0) is 15.7. The molecule has 0 heterocycles. The molecule has 0 N–H and O–H groups in total. The van der Waals surface area contributed by atoms with Crippen molar-refractivity contribution in [3.63, 3.8) is 0 Å². The standard InChI is InChI=1S/C14H22O.C5H5.2BrH.Ti/c1-13(2,3)10-8-7-9-11(12(10)15)14(4,5)6;1-2-4-5-3-1;;;/h7-9,15H,1-6H3;1-3H,4H2;2*1H;/q;;;;+3/p-3. The topological polar surface area (TPSA) is 9.23 Å². The fourth-order valence-corrected chi connectivity index (χ4v) is 3.75. The Labute approximate surface area is 171 Å². The van der Waals surface area contributed by atoms with E-state index in [0.717, 1.165) is 12.2 Å². The van der Waals surface area contributed by atoms with E-state index in [4.69, 9.17) is 3.32 Å². The molecule has 0 amide bonds. The van der Waals surface area contributed by atoms with Crippen LogP contribution in [0.25, 0.3) is 0 Å². The fourth-order valence-electron chi connectivity index (χ4n) is 2.47. The van der Waals surface area contributed by atoms with Crippen LogP contribution in [0.1, 0.15) is 59.1 Å². The molecule has 1 aromatic carbocycles. The number of benzene rings is 1. The Morgan fingerprint density at radius 1 is 0.913 bits per heavy atom. The Balaban J connectivity index is 0.00000242. The van der Waals surface area contributed by atoms with Gasteiger partial charge in [-0.2, -0.15) is 0 Å². The molecule has 126 valence electrons. The number of rotatable bonds is 3. The van der Waals surface area contributed by atoms with Crippen molar-refractivity contribution in [3.05, 3.63) is 51.4 Å². The molecule has 0 radical (unpaired) electrons. The average molecular weight is 478 g/mol. The normalized spacial score (nSPS) is 13.6. The van der Waals surface area contributed by atoms with E-state index in [1.54, 1.807) is 0 Å². The second kappa shape index (κ2) is 9.03. The minimum Gasteiger partial charge on any atom is -1.00 e. The predicted octanol–water partition coefficient (Wildman–Crippen LogP) is -0.490. The summed E-state index contributed by atoms with van der Waals surface area (Å²) >= 11 is -0.535. The first-order valence-electron chi connectivity index (χ1n) is 7.62. The Morgan fingerprint density at radius 3 is 1.83 bits per heavy atom. The van der Waals surface area contributed by atoms with Crippen LogP contribution in [0.3, 0.4) is 0 Å². The third-order valence-electron chi connectivity index (χ3n) is 3.69. The Bertz CT molecular complexity index is 546. The first-order chi connectivity index (χ1) is 9.69. The van der Waals surface area contributed by atoms with Gasteiger partial charge in [0.15, 0.2) is 0 Å². The van der Waals surface area contributed by atoms with Gasteiger partial charge in [0.1, 0.15) is 0 Å². The smallest absolute Gasteiger partial charge is 1.00 e. The van der Waals surface area contributed by atoms with Crippen LogP contribution in [-0.4, -0.2) is 0 Å². The maximum atomic E-state index is 6.42. The first-order valence-corrected chi connectivity index (χ1v) is 9.04. The largest absolute Gasteiger partial charge is 1.00 e. The molecule has 0 saturated heterocycles. The first kappa shape index (κ1) is 23.2. The molecule has 0 aliphatic heterocycles. The maximum Gasteiger partial charge on any atom is -1.00 e. The van der Waals surface area contributed by atoms with Crippen molar-refractivity contribution in [1.82, 2.24) is 0 Å². The summed E-state index contributed by atoms with van der Waals surface area (Å²) < 4.78 is 7.89. The summed E-state index contributed by atoms with van der Waals surface area (Å²) in [6.45, 7) is 13.6. The molecule has 1 nitrogen and oxygen atoms in total. The quantitative estimate of drug-likeness (QED) is 0.534. The molecular formula is C19H26Br2OTi. The van der Waals surface area contributed by atoms with Crippen molar-refractivity contribution < 1.29 is 56.8 Å². The van der Waals surface area contributed by atoms with E-state index in [0.29, 0.717) is 0 Å². The van der Waals surface area contributed by atoms with Crippen molar-refractivity contribution >= 4 is 0 Å². The molecule has 2 rings (SSSR count). The van der Waals surface area contributed by atoms with E-state index in [9.17, 15) is 0 Å². The Kier molecular flexibility index (Phi) is 9.10. The van der Waals surface area contributed by atoms with Crippen molar-refractivity contribution in [2.75, 3.05) is 0 Å². The van der Waals surface area contributed by atoms with Gasteiger partial charge in [0.2, 0.25) is 0 Å². The molecule has 23 heavy (non-hydrogen) atoms. The molecule has 0 aromatic heterocycles. The monoisotopic (exact) mass is 476 g/mol. The fraction of sp³-hybridized carbons (Fsp3) is 0.474. The minimum absolute atomic E-state index is 0. The molecular weight excluding hydrogens is 452 g/mol. The SMILES string of the molecule is CC(C)(C)c1cccc(C(C)(C)C)c1[O][Ti+2][C]1=CC=CC1.[Br-].[Br-]. The summed E-state index contributed by atoms with van der Waals surface area (Å²) in [6, 6.07) is 6.61. The number of hydrogen-bond acceptors (Lipinski definition) is 1. The summed E-state index contributed by atoms with van der Waals surface area (Å²) in [5.41, 5.74) is 2.85. The van der Waals surface area contributed by atoms with Crippen molar-refractivity contribution in [3.8, 4) is 5.75 Å². The van der Waals surface area contributed by atoms with Gasteiger partial charge in [0, 0.05) is 0 Å². The van der Waals surface area contributed by atoms with Gasteiger partial charge in [0.25, 0.3) is 0 Å². The van der Waals surface area contributed by atoms with Gasteiger partial charge in [-0.1, -0.05) is 0 Å². The van der Waals surface area contributed by atoms with Crippen molar-refractivity contribution in [2.45, 2.75) is 58.8 Å². The maximum absolute atomic E-state index is 6.42. The van der Waals surface area contributed by atoms with Crippen LogP contribution in [0.4, 0.5) is 0 Å². The van der Waals surface area contributed by atoms with Crippen LogP contribution < -0.4 is 37.3 Å². The molecule has 0 unspecified atom stereocenters. The van der Waals surface area contributed by atoms with Gasteiger partial charge in [-0.3, -0.25) is 0 Å². The van der Waals surface area contributed by atoms with E-state index in [1.165, 1.54) is 15.0 Å². The van der Waals surface area contributed by atoms with Gasteiger partial charge in [0.05, 0.1) is 0 Å². The Morgan fingerprint density at radius 2 is 1.43 bits per heavy atom. The van der Waals surface area contributed by atoms with Gasteiger partial charge in [-0.15, -0.1) is 0 Å². The Hall–Kier alpha value is 0.174. The van der Waals surface area contributed by atoms with Gasteiger partial charge >= 0.3 is 139 Å². The van der Waals surface area contributed by atoms with Crippen LogP contribution in [-0.2, 0) is 30.4 Å². The average Bonchev–Trinajstić information content (AvgIpc) is 2.86. The van der Waals surface area contributed by atoms with Crippen LogP contribution in [0.5, 0.6) is 5.75 Å². The summed E-state index contributed by atoms with van der Waals surface area (Å²) in [6.07, 6.45) is 7.64. The molecule has 0 bridgehead atoms. The van der Waals surface area contributed by atoms with E-state index in [1.807, 2.05) is 0 Å². The van der Waals surface area contributed by atoms with Crippen LogP contribution >= 0.6 is 0 Å². The second-order valence-corrected chi connectivity index (χ2v) is 9.35. The van der Waals surface area contributed by atoms with Gasteiger partial charge in [-0.05, 0) is 0 Å². The minimum atomic E-state index is -0.535. The summed E-state index contributed by atoms with van der Waals surface area (Å²) in [4.78, 5) is 0. The molecule has 1 aliphatic rings. The molecule has 1 aliphatic carbocycles. The van der Waals surface area contributed by atoms with E-state index in [2.05, 4.69) is 78.0 Å². The number of hydrogen-bond donors (Lipinski definition) is 0. The van der Waals surface area contributed by atoms with Crippen molar-refractivity contribution in [2.24, 2.45) is 0 Å². The predicted molar refractivity (Wildman–Crippen MR) is 86.3 cm³/mol. The second-order valence-electron chi connectivity index (χ2n) is 7.71. The number of allylic oxidation sites excluding steroid dienone is 4. The molecule has 0 saturated carbocycles. The molecule has 0 atom stereocenters. The molecule has 4 heteroatoms.